The second-order valence-electron chi connectivity index (χ2n) is 18.6. The molecule has 0 saturated carbocycles. The van der Waals surface area contributed by atoms with E-state index in [4.69, 9.17) is 4.98 Å². The van der Waals surface area contributed by atoms with Crippen LogP contribution < -0.4 is 10.6 Å². The molecule has 6 rings (SSSR count). The predicted octanol–water partition coefficient (Wildman–Crippen LogP) is 7.15. The molecule has 15 heteroatoms. The van der Waals surface area contributed by atoms with E-state index in [1.54, 1.807) is 49.2 Å². The van der Waals surface area contributed by atoms with E-state index in [2.05, 4.69) is 20.6 Å². The van der Waals surface area contributed by atoms with Crippen molar-refractivity contribution in [2.45, 2.75) is 97.6 Å². The van der Waals surface area contributed by atoms with Crippen LogP contribution in [0.2, 0.25) is 0 Å². The quantitative estimate of drug-likeness (QED) is 0.0754. The van der Waals surface area contributed by atoms with Crippen LogP contribution in [-0.4, -0.2) is 114 Å². The van der Waals surface area contributed by atoms with Crippen LogP contribution in [0.15, 0.2) is 109 Å². The van der Waals surface area contributed by atoms with Crippen molar-refractivity contribution in [2.75, 3.05) is 20.1 Å². The van der Waals surface area contributed by atoms with E-state index < -0.39 is 53.1 Å². The van der Waals surface area contributed by atoms with Gasteiger partial charge in [0.15, 0.2) is 0 Å². The number of aliphatic hydroxyl groups excluding tert-OH is 1. The first-order valence-electron chi connectivity index (χ1n) is 21.6. The van der Waals surface area contributed by atoms with Crippen molar-refractivity contribution >= 4 is 35.3 Å². The number of carboxylic acid groups (broad SMARTS) is 1. The molecule has 4 N–H and O–H groups in total. The number of pyridine rings is 2. The number of aliphatic hydroxyl groups is 1. The summed E-state index contributed by atoms with van der Waals surface area (Å²) in [5, 5.41) is 31.2. The number of hydrogen-bond acceptors (Lipinski definition) is 9. The van der Waals surface area contributed by atoms with E-state index in [9.17, 15) is 29.4 Å². The Morgan fingerprint density at radius 2 is 1.52 bits per heavy atom. The van der Waals surface area contributed by atoms with Crippen LogP contribution in [0.25, 0.3) is 21.8 Å². The van der Waals surface area contributed by atoms with Crippen LogP contribution in [0.5, 0.6) is 0 Å². The molecule has 5 amide bonds. The molecule has 0 bridgehead atoms. The molecule has 64 heavy (non-hydrogen) atoms. The van der Waals surface area contributed by atoms with Gasteiger partial charge in [0.05, 0.1) is 30.1 Å². The zero-order valence-corrected chi connectivity index (χ0v) is 38.5. The van der Waals surface area contributed by atoms with Crippen LogP contribution in [0.4, 0.5) is 9.59 Å². The molecule has 1 saturated heterocycles. The minimum absolute atomic E-state index is 0.0343. The summed E-state index contributed by atoms with van der Waals surface area (Å²) in [5.41, 5.74) is 3.64. The molecule has 4 heterocycles. The van der Waals surface area contributed by atoms with E-state index in [-0.39, 0.29) is 24.8 Å². The highest BCUT2D eigenvalue weighted by Gasteiger charge is 2.44. The molecule has 1 aliphatic rings. The highest BCUT2D eigenvalue weighted by molar-refractivity contribution is 7.13. The summed E-state index contributed by atoms with van der Waals surface area (Å²) in [7, 11) is 1.36. The molecule has 1 fully saturated rings. The number of urea groups is 1. The Kier molecular flexibility index (Phi) is 15.2. The Bertz CT molecular complexity index is 2330. The SMILES string of the molecule is CN(C(=O)O)[C@H](C(=O)N[C@@H](Cc1ccc(-c2ccccn2)cc1)[C@H](O)C[C@H](Cc1ccccc1)NC(=O)[C@@H](N1CCN(Cc2csc(-c3cccnc3)n2)C1=O)C(C)(C)C)C(C)(C)C. The lowest BCUT2D eigenvalue weighted by Crippen LogP contribution is -2.59. The fourth-order valence-electron chi connectivity index (χ4n) is 8.42. The van der Waals surface area contributed by atoms with Crippen molar-refractivity contribution in [3.63, 3.8) is 0 Å². The summed E-state index contributed by atoms with van der Waals surface area (Å²) in [4.78, 5) is 72.9. The third kappa shape index (κ3) is 12.1. The van der Waals surface area contributed by atoms with Gasteiger partial charge in [0.25, 0.3) is 0 Å². The number of nitrogens with one attached hydrogen (secondary N) is 2. The summed E-state index contributed by atoms with van der Waals surface area (Å²) < 4.78 is 0. The highest BCUT2D eigenvalue weighted by atomic mass is 32.1. The fraction of sp³-hybridized carbons (Fsp3) is 0.408. The maximum atomic E-state index is 14.7. The zero-order chi connectivity index (χ0) is 46.2. The topological polar surface area (TPSA) is 181 Å². The minimum Gasteiger partial charge on any atom is -0.465 e. The zero-order valence-electron chi connectivity index (χ0n) is 37.6. The standard InChI is InChI=1S/C49H60N8O6S/c1-48(2,3)41(55(7)47(62)63)43(59)54-39(27-33-18-20-34(21-19-33)38-17-11-12-23-51-38)40(58)28-36(26-32-14-9-8-10-15-32)52-44(60)42(49(4,5)6)57-25-24-56(46(57)61)30-37-31-64-45(53-37)35-16-13-22-50-29-35/h8-23,29,31,36,39-42,58H,24-28,30H2,1-7H3,(H,52,60)(H,54,59)(H,62,63)/t36-,39-,40+,41+,42+/m0/s1. The van der Waals surface area contributed by atoms with Crippen LogP contribution in [-0.2, 0) is 29.0 Å². The Labute approximate surface area is 379 Å². The number of nitrogens with zero attached hydrogens (tertiary/aromatic N) is 6. The molecule has 2 aromatic carbocycles. The van der Waals surface area contributed by atoms with E-state index in [0.29, 0.717) is 26.1 Å². The van der Waals surface area contributed by atoms with Crippen molar-refractivity contribution in [2.24, 2.45) is 10.8 Å². The van der Waals surface area contributed by atoms with Gasteiger partial charge in [0.1, 0.15) is 17.1 Å². The van der Waals surface area contributed by atoms with Gasteiger partial charge in [-0.1, -0.05) is 102 Å². The summed E-state index contributed by atoms with van der Waals surface area (Å²) in [6.07, 6.45) is 3.33. The molecule has 0 radical (unpaired) electrons. The fourth-order valence-corrected chi connectivity index (χ4v) is 9.22. The molecule has 0 spiro atoms. The summed E-state index contributed by atoms with van der Waals surface area (Å²) in [6.45, 7) is 12.2. The maximum Gasteiger partial charge on any atom is 0.407 e. The average molecular weight is 889 g/mol. The van der Waals surface area contributed by atoms with Gasteiger partial charge >= 0.3 is 12.1 Å². The average Bonchev–Trinajstić information content (AvgIpc) is 3.87. The third-order valence-electron chi connectivity index (χ3n) is 11.4. The third-order valence-corrected chi connectivity index (χ3v) is 12.4. The van der Waals surface area contributed by atoms with Crippen molar-refractivity contribution in [3.8, 4) is 21.8 Å². The van der Waals surface area contributed by atoms with Gasteiger partial charge in [0.2, 0.25) is 11.8 Å². The van der Waals surface area contributed by atoms with Crippen LogP contribution in [0.3, 0.4) is 0 Å². The molecule has 14 nitrogen and oxygen atoms in total. The van der Waals surface area contributed by atoms with Gasteiger partial charge in [-0.3, -0.25) is 24.5 Å². The summed E-state index contributed by atoms with van der Waals surface area (Å²) in [5.74, 6) is -0.907. The Morgan fingerprint density at radius 1 is 0.812 bits per heavy atom. The number of benzene rings is 2. The number of aromatic nitrogens is 3. The smallest absolute Gasteiger partial charge is 0.407 e. The number of likely N-dealkylation sites (N-methyl/N-ethyl adjacent to an activating group) is 1. The molecule has 5 aromatic rings. The summed E-state index contributed by atoms with van der Waals surface area (Å²) >= 11 is 1.49. The van der Waals surface area contributed by atoms with Crippen molar-refractivity contribution in [1.29, 1.82) is 0 Å². The largest absolute Gasteiger partial charge is 0.465 e. The minimum atomic E-state index is -1.26. The van der Waals surface area contributed by atoms with Gasteiger partial charge in [-0.05, 0) is 65.5 Å². The maximum absolute atomic E-state index is 14.7. The predicted molar refractivity (Wildman–Crippen MR) is 248 cm³/mol. The normalized spacial score (nSPS) is 15.5. The Balaban J connectivity index is 1.24. The van der Waals surface area contributed by atoms with E-state index in [1.807, 2.05) is 111 Å². The van der Waals surface area contributed by atoms with E-state index in [0.717, 1.165) is 43.5 Å². The number of carbonyl (C=O) groups is 4. The number of carbonyl (C=O) groups excluding carboxylic acids is 3. The molecule has 0 unspecified atom stereocenters. The summed E-state index contributed by atoms with van der Waals surface area (Å²) in [6, 6.07) is 23.1. The highest BCUT2D eigenvalue weighted by Crippen LogP contribution is 2.31. The van der Waals surface area contributed by atoms with Crippen molar-refractivity contribution in [3.05, 3.63) is 126 Å². The van der Waals surface area contributed by atoms with Gasteiger partial charge in [-0.2, -0.15) is 0 Å². The first-order valence-corrected chi connectivity index (χ1v) is 22.5. The Morgan fingerprint density at radius 3 is 2.14 bits per heavy atom. The number of rotatable bonds is 17. The van der Waals surface area contributed by atoms with E-state index >= 15 is 0 Å². The lowest BCUT2D eigenvalue weighted by atomic mass is 9.84. The number of amides is 5. The molecular weight excluding hydrogens is 829 g/mol. The van der Waals surface area contributed by atoms with E-state index in [1.165, 1.54) is 18.4 Å². The van der Waals surface area contributed by atoms with Gasteiger partial charge < -0.3 is 30.6 Å². The number of thiazole rings is 1. The van der Waals surface area contributed by atoms with Crippen LogP contribution in [0, 0.1) is 10.8 Å². The second kappa shape index (κ2) is 20.5. The second-order valence-corrected chi connectivity index (χ2v) is 19.5. The van der Waals surface area contributed by atoms with Gasteiger partial charge in [0, 0.05) is 61.3 Å². The first kappa shape index (κ1) is 47.3. The van der Waals surface area contributed by atoms with Crippen LogP contribution >= 0.6 is 11.3 Å². The number of hydrogen-bond donors (Lipinski definition) is 4. The van der Waals surface area contributed by atoms with Crippen LogP contribution in [0.1, 0.15) is 64.8 Å². The molecule has 3 aromatic heterocycles. The van der Waals surface area contributed by atoms with Gasteiger partial charge in [-0.15, -0.1) is 11.3 Å². The van der Waals surface area contributed by atoms with Crippen molar-refractivity contribution in [1.82, 2.24) is 40.3 Å². The molecule has 1 aliphatic heterocycles. The molecule has 5 atom stereocenters. The lowest BCUT2D eigenvalue weighted by Gasteiger charge is -2.38. The Hall–Kier alpha value is -6.19. The molecular formula is C49H60N8O6S. The monoisotopic (exact) mass is 888 g/mol. The molecule has 0 aliphatic carbocycles. The van der Waals surface area contributed by atoms with Gasteiger partial charge in [-0.25, -0.2) is 14.6 Å². The molecule has 338 valence electrons. The first-order chi connectivity index (χ1) is 30.4. The lowest BCUT2D eigenvalue weighted by molar-refractivity contribution is -0.131. The van der Waals surface area contributed by atoms with Crippen molar-refractivity contribution < 1.29 is 29.4 Å².